The zero-order valence-corrected chi connectivity index (χ0v) is 36.0. The van der Waals surface area contributed by atoms with Crippen LogP contribution in [0.1, 0.15) is 47.6 Å². The summed E-state index contributed by atoms with van der Waals surface area (Å²) in [5, 5.41) is 2.53. The van der Waals surface area contributed by atoms with Crippen LogP contribution in [0.3, 0.4) is 0 Å². The average Bonchev–Trinajstić information content (AvgIpc) is 3.85. The molecule has 0 aliphatic heterocycles. The third kappa shape index (κ3) is 6.08. The van der Waals surface area contributed by atoms with Crippen molar-refractivity contribution >= 4 is 38.6 Å². The maximum absolute atomic E-state index is 2.66. The van der Waals surface area contributed by atoms with Crippen molar-refractivity contribution in [3.05, 3.63) is 276 Å². The molecule has 0 spiro atoms. The Labute approximate surface area is 376 Å². The Morgan fingerprint density at radius 1 is 0.500 bits per heavy atom. The first-order valence-electron chi connectivity index (χ1n) is 22.8. The average molecular weight is 821 g/mol. The van der Waals surface area contributed by atoms with E-state index in [1.165, 1.54) is 94.5 Å². The summed E-state index contributed by atoms with van der Waals surface area (Å²) in [4.78, 5) is 2.66. The van der Waals surface area contributed by atoms with Gasteiger partial charge in [-0.25, -0.2) is 0 Å². The molecular formula is C62H48N2. The second-order valence-electron chi connectivity index (χ2n) is 17.6. The van der Waals surface area contributed by atoms with Gasteiger partial charge < -0.3 is 9.47 Å². The van der Waals surface area contributed by atoms with E-state index < -0.39 is 5.41 Å². The van der Waals surface area contributed by atoms with E-state index in [1.54, 1.807) is 0 Å². The lowest BCUT2D eigenvalue weighted by Crippen LogP contribution is -2.41. The first-order chi connectivity index (χ1) is 31.7. The summed E-state index contributed by atoms with van der Waals surface area (Å²) < 4.78 is 2.39. The molecule has 0 radical (unpaired) electrons. The topological polar surface area (TPSA) is 8.17 Å². The quantitative estimate of drug-likeness (QED) is 0.148. The lowest BCUT2D eigenvalue weighted by Gasteiger charge is -2.42. The van der Waals surface area contributed by atoms with E-state index >= 15 is 0 Å². The van der Waals surface area contributed by atoms with Crippen LogP contribution in [0.2, 0.25) is 0 Å². The third-order valence-corrected chi connectivity index (χ3v) is 14.1. The summed E-state index contributed by atoms with van der Waals surface area (Å²) in [7, 11) is 0. The maximum atomic E-state index is 2.66. The number of benzene rings is 8. The minimum atomic E-state index is -0.456. The van der Waals surface area contributed by atoms with Crippen molar-refractivity contribution in [2.45, 2.75) is 31.2 Å². The third-order valence-electron chi connectivity index (χ3n) is 14.1. The fourth-order valence-corrected chi connectivity index (χ4v) is 11.2. The first-order valence-corrected chi connectivity index (χ1v) is 22.8. The molecule has 3 aliphatic rings. The van der Waals surface area contributed by atoms with E-state index in [2.05, 4.69) is 253 Å². The van der Waals surface area contributed by atoms with E-state index in [9.17, 15) is 0 Å². The summed E-state index contributed by atoms with van der Waals surface area (Å²) in [5.74, 6) is 0.235. The van der Waals surface area contributed by atoms with Gasteiger partial charge in [0.15, 0.2) is 0 Å². The fraction of sp³-hybridized carbons (Fsp3) is 0.0968. The predicted molar refractivity (Wildman–Crippen MR) is 269 cm³/mol. The molecule has 64 heavy (non-hydrogen) atoms. The molecule has 9 aromatic rings. The molecule has 0 bridgehead atoms. The van der Waals surface area contributed by atoms with Gasteiger partial charge in [0.05, 0.1) is 22.5 Å². The van der Waals surface area contributed by atoms with Crippen LogP contribution in [-0.2, 0) is 5.41 Å². The zero-order chi connectivity index (χ0) is 42.6. The number of hydrogen-bond donors (Lipinski definition) is 0. The molecule has 2 heteroatoms. The Bertz CT molecular complexity index is 3270. The second kappa shape index (κ2) is 15.6. The van der Waals surface area contributed by atoms with E-state index in [0.717, 1.165) is 12.8 Å². The van der Waals surface area contributed by atoms with Gasteiger partial charge >= 0.3 is 0 Å². The molecule has 0 amide bonds. The van der Waals surface area contributed by atoms with Crippen LogP contribution in [0, 0.1) is 5.92 Å². The lowest BCUT2D eigenvalue weighted by atomic mass is 9.66. The van der Waals surface area contributed by atoms with Crippen molar-refractivity contribution in [3.8, 4) is 16.8 Å². The molecule has 2 unspecified atom stereocenters. The highest BCUT2D eigenvalue weighted by Crippen LogP contribution is 2.59. The number of anilines is 1. The molecule has 8 aromatic carbocycles. The minimum absolute atomic E-state index is 0.0732. The van der Waals surface area contributed by atoms with Gasteiger partial charge in [-0.1, -0.05) is 195 Å². The Morgan fingerprint density at radius 2 is 1.11 bits per heavy atom. The summed E-state index contributed by atoms with van der Waals surface area (Å²) in [6, 6.07) is 78.3. The molecule has 0 saturated carbocycles. The van der Waals surface area contributed by atoms with Crippen molar-refractivity contribution < 1.29 is 0 Å². The van der Waals surface area contributed by atoms with Crippen LogP contribution in [0.5, 0.6) is 0 Å². The van der Waals surface area contributed by atoms with Crippen LogP contribution >= 0.6 is 0 Å². The van der Waals surface area contributed by atoms with E-state index in [1.807, 2.05) is 0 Å². The lowest BCUT2D eigenvalue weighted by molar-refractivity contribution is 0.577. The van der Waals surface area contributed by atoms with Crippen molar-refractivity contribution in [1.29, 1.82) is 0 Å². The summed E-state index contributed by atoms with van der Waals surface area (Å²) in [5.41, 5.74) is 18.8. The van der Waals surface area contributed by atoms with Gasteiger partial charge in [0.1, 0.15) is 0 Å². The molecule has 12 rings (SSSR count). The number of rotatable bonds is 8. The number of aromatic nitrogens is 1. The SMILES string of the molecule is CC1C=C2C(=CC1N(C1=CC=C(c3ccccc3)CC1)c1ccc(-c3ccc4c(c3)c3ccccc3n4-c3ccccc3)cc1)C(c1ccccc1)(c1ccccc1)c1ccccc12. The first kappa shape index (κ1) is 38.0. The Balaban J connectivity index is 1.00. The van der Waals surface area contributed by atoms with Gasteiger partial charge in [-0.15, -0.1) is 0 Å². The molecule has 0 N–H and O–H groups in total. The standard InChI is InChI=1S/C62H48N2/c1-43-40-55-53-26-14-16-28-57(53)62(48-20-8-3-9-21-48,49-22-10-4-11-23-49)58(55)42-61(43)63(51-35-30-45(31-36-51)44-18-6-2-7-19-44)52-37-32-46(33-38-52)47-34-39-60-56(41-47)54-27-15-17-29-59(54)64(60)50-24-12-5-13-25-50/h2-30,32-35,37-43,61H,31,36H2,1H3. The molecular weight excluding hydrogens is 773 g/mol. The van der Waals surface area contributed by atoms with Gasteiger partial charge in [0.2, 0.25) is 0 Å². The predicted octanol–water partition coefficient (Wildman–Crippen LogP) is 15.4. The summed E-state index contributed by atoms with van der Waals surface area (Å²) in [6.45, 7) is 2.41. The highest BCUT2D eigenvalue weighted by molar-refractivity contribution is 6.10. The Hall–Kier alpha value is -7.68. The minimum Gasteiger partial charge on any atom is -0.338 e. The van der Waals surface area contributed by atoms with E-state index in [0.29, 0.717) is 0 Å². The second-order valence-corrected chi connectivity index (χ2v) is 17.6. The smallest absolute Gasteiger partial charge is 0.0711 e. The summed E-state index contributed by atoms with van der Waals surface area (Å²) in [6.07, 6.45) is 11.9. The van der Waals surface area contributed by atoms with Crippen molar-refractivity contribution in [2.24, 2.45) is 5.92 Å². The molecule has 1 aromatic heterocycles. The molecule has 2 atom stereocenters. The molecule has 0 saturated heterocycles. The van der Waals surface area contributed by atoms with Gasteiger partial charge in [0.25, 0.3) is 0 Å². The van der Waals surface area contributed by atoms with Crippen LogP contribution in [0.15, 0.2) is 248 Å². The highest BCUT2D eigenvalue weighted by Gasteiger charge is 2.50. The van der Waals surface area contributed by atoms with E-state index in [-0.39, 0.29) is 12.0 Å². The molecule has 1 heterocycles. The van der Waals surface area contributed by atoms with Gasteiger partial charge in [-0.2, -0.15) is 0 Å². The molecule has 306 valence electrons. The maximum Gasteiger partial charge on any atom is 0.0711 e. The van der Waals surface area contributed by atoms with Crippen LogP contribution < -0.4 is 4.90 Å². The van der Waals surface area contributed by atoms with Crippen LogP contribution in [0.4, 0.5) is 5.69 Å². The zero-order valence-electron chi connectivity index (χ0n) is 36.0. The Morgan fingerprint density at radius 3 is 1.81 bits per heavy atom. The molecule has 0 fully saturated rings. The van der Waals surface area contributed by atoms with Gasteiger partial charge in [-0.05, 0) is 123 Å². The number of fused-ring (bicyclic) bond motifs is 6. The number of nitrogens with zero attached hydrogens (tertiary/aromatic N) is 2. The molecule has 3 aliphatic carbocycles. The van der Waals surface area contributed by atoms with Crippen molar-refractivity contribution in [3.63, 3.8) is 0 Å². The normalized spacial score (nSPS) is 17.5. The number of hydrogen-bond acceptors (Lipinski definition) is 1. The molecule has 2 nitrogen and oxygen atoms in total. The Kier molecular flexibility index (Phi) is 9.26. The van der Waals surface area contributed by atoms with Crippen LogP contribution in [-0.4, -0.2) is 10.6 Å². The van der Waals surface area contributed by atoms with E-state index in [4.69, 9.17) is 0 Å². The largest absolute Gasteiger partial charge is 0.338 e. The van der Waals surface area contributed by atoms with Gasteiger partial charge in [-0.3, -0.25) is 0 Å². The monoisotopic (exact) mass is 820 g/mol. The fourth-order valence-electron chi connectivity index (χ4n) is 11.2. The van der Waals surface area contributed by atoms with Crippen molar-refractivity contribution in [2.75, 3.05) is 4.90 Å². The van der Waals surface area contributed by atoms with Gasteiger partial charge in [0, 0.05) is 27.8 Å². The number of allylic oxidation sites excluding steroid dienone is 6. The highest BCUT2D eigenvalue weighted by atomic mass is 15.2. The number of para-hydroxylation sites is 2. The summed E-state index contributed by atoms with van der Waals surface area (Å²) >= 11 is 0. The van der Waals surface area contributed by atoms with Crippen LogP contribution in [0.25, 0.3) is 49.8 Å². The van der Waals surface area contributed by atoms with Crippen molar-refractivity contribution in [1.82, 2.24) is 4.57 Å².